The molecule has 1 spiro atoms. The van der Waals surface area contributed by atoms with Gasteiger partial charge in [0.15, 0.2) is 0 Å². The monoisotopic (exact) mass is 280 g/mol. The average Bonchev–Trinajstić information content (AvgIpc) is 2.30. The van der Waals surface area contributed by atoms with Gasteiger partial charge in [0.25, 0.3) is 0 Å². The highest BCUT2D eigenvalue weighted by Gasteiger charge is 2.40. The molecule has 2 aliphatic rings. The van der Waals surface area contributed by atoms with Crippen LogP contribution < -0.4 is 16.0 Å². The van der Waals surface area contributed by atoms with Gasteiger partial charge in [-0.1, -0.05) is 20.8 Å². The minimum absolute atomic E-state index is 0.0774. The molecule has 4 nitrogen and oxygen atoms in total. The third-order valence-electron chi connectivity index (χ3n) is 4.18. The maximum absolute atomic E-state index is 4.84. The Kier molecular flexibility index (Phi) is 4.45. The van der Waals surface area contributed by atoms with Crippen molar-refractivity contribution in [2.45, 2.75) is 65.0 Å². The fraction of sp³-hybridized carbons (Fsp3) is 0.938. The summed E-state index contributed by atoms with van der Waals surface area (Å²) in [6.45, 7) is 15.6. The van der Waals surface area contributed by atoms with Crippen molar-refractivity contribution in [3.8, 4) is 0 Å². The molecule has 20 heavy (non-hydrogen) atoms. The Bertz CT molecular complexity index is 359. The summed E-state index contributed by atoms with van der Waals surface area (Å²) in [7, 11) is 0. The van der Waals surface area contributed by atoms with Crippen LogP contribution in [-0.2, 0) is 0 Å². The smallest absolute Gasteiger partial charge is 0.117 e. The van der Waals surface area contributed by atoms with Crippen molar-refractivity contribution in [1.29, 1.82) is 0 Å². The summed E-state index contributed by atoms with van der Waals surface area (Å²) in [6, 6.07) is 0. The van der Waals surface area contributed by atoms with Crippen LogP contribution in [0.1, 0.15) is 53.9 Å². The summed E-state index contributed by atoms with van der Waals surface area (Å²) in [4.78, 5) is 4.84. The first-order valence-electron chi connectivity index (χ1n) is 8.01. The van der Waals surface area contributed by atoms with E-state index in [4.69, 9.17) is 4.99 Å². The molecule has 2 rings (SSSR count). The Hall–Kier alpha value is -0.610. The highest BCUT2D eigenvalue weighted by atomic mass is 15.2. The van der Waals surface area contributed by atoms with Gasteiger partial charge in [-0.2, -0.15) is 0 Å². The summed E-state index contributed by atoms with van der Waals surface area (Å²) in [6.07, 6.45) is 3.39. The van der Waals surface area contributed by atoms with Gasteiger partial charge in [-0.3, -0.25) is 4.99 Å². The maximum Gasteiger partial charge on any atom is 0.117 e. The van der Waals surface area contributed by atoms with Gasteiger partial charge in [0.1, 0.15) is 5.84 Å². The van der Waals surface area contributed by atoms with Crippen LogP contribution in [0.4, 0.5) is 0 Å². The lowest BCUT2D eigenvalue weighted by atomic mass is 9.80. The maximum atomic E-state index is 4.84. The van der Waals surface area contributed by atoms with Crippen molar-refractivity contribution in [3.05, 3.63) is 0 Å². The van der Waals surface area contributed by atoms with Gasteiger partial charge >= 0.3 is 0 Å². The molecule has 0 aromatic carbocycles. The Labute approximate surface area is 124 Å². The second-order valence-corrected chi connectivity index (χ2v) is 8.24. The lowest BCUT2D eigenvalue weighted by molar-refractivity contribution is 0.250. The van der Waals surface area contributed by atoms with E-state index in [0.717, 1.165) is 45.4 Å². The molecule has 0 amide bonds. The molecule has 1 fully saturated rings. The van der Waals surface area contributed by atoms with E-state index in [0.29, 0.717) is 5.41 Å². The van der Waals surface area contributed by atoms with Gasteiger partial charge in [-0.25, -0.2) is 0 Å². The predicted molar refractivity (Wildman–Crippen MR) is 86.4 cm³/mol. The molecule has 116 valence electrons. The SMILES string of the molecule is CC(C)(C)CC(C)(C)NC1=NCCNC12CCNCC2. The van der Waals surface area contributed by atoms with Crippen LogP contribution in [0.25, 0.3) is 0 Å². The summed E-state index contributed by atoms with van der Waals surface area (Å²) in [5, 5.41) is 11.0. The number of rotatable bonds is 2. The Morgan fingerprint density at radius 3 is 2.35 bits per heavy atom. The normalized spacial score (nSPS) is 23.6. The van der Waals surface area contributed by atoms with E-state index < -0.39 is 0 Å². The topological polar surface area (TPSA) is 48.5 Å². The number of nitrogens with zero attached hydrogens (tertiary/aromatic N) is 1. The molecule has 4 heteroatoms. The fourth-order valence-electron chi connectivity index (χ4n) is 3.81. The molecule has 0 aromatic heterocycles. The molecule has 0 unspecified atom stereocenters. The molecular weight excluding hydrogens is 248 g/mol. The third kappa shape index (κ3) is 3.95. The molecule has 0 bridgehead atoms. The van der Waals surface area contributed by atoms with Crippen LogP contribution in [0.3, 0.4) is 0 Å². The lowest BCUT2D eigenvalue weighted by Gasteiger charge is -2.45. The van der Waals surface area contributed by atoms with Crippen LogP contribution in [0, 0.1) is 5.41 Å². The number of aliphatic imine (C=N–C) groups is 1. The van der Waals surface area contributed by atoms with Crippen LogP contribution in [-0.4, -0.2) is 43.1 Å². The van der Waals surface area contributed by atoms with E-state index in [9.17, 15) is 0 Å². The molecule has 0 radical (unpaired) electrons. The van der Waals surface area contributed by atoms with Gasteiger partial charge < -0.3 is 16.0 Å². The Morgan fingerprint density at radius 2 is 1.75 bits per heavy atom. The third-order valence-corrected chi connectivity index (χ3v) is 4.18. The van der Waals surface area contributed by atoms with Crippen molar-refractivity contribution < 1.29 is 0 Å². The molecule has 0 atom stereocenters. The van der Waals surface area contributed by atoms with Crippen LogP contribution in [0.5, 0.6) is 0 Å². The molecular formula is C16H32N4. The fourth-order valence-corrected chi connectivity index (χ4v) is 3.81. The zero-order chi connectivity index (χ0) is 14.9. The number of hydrogen-bond donors (Lipinski definition) is 3. The molecule has 2 heterocycles. The van der Waals surface area contributed by atoms with Crippen molar-refractivity contribution >= 4 is 5.84 Å². The molecule has 3 N–H and O–H groups in total. The molecule has 0 aliphatic carbocycles. The van der Waals surface area contributed by atoms with Crippen LogP contribution in [0.2, 0.25) is 0 Å². The zero-order valence-corrected chi connectivity index (χ0v) is 13.9. The second kappa shape index (κ2) is 5.64. The Morgan fingerprint density at radius 1 is 1.10 bits per heavy atom. The molecule has 1 saturated heterocycles. The largest absolute Gasteiger partial charge is 0.367 e. The minimum Gasteiger partial charge on any atom is -0.367 e. The van der Waals surface area contributed by atoms with E-state index in [-0.39, 0.29) is 11.1 Å². The van der Waals surface area contributed by atoms with Crippen molar-refractivity contribution in [2.24, 2.45) is 10.4 Å². The van der Waals surface area contributed by atoms with Gasteiger partial charge in [0.2, 0.25) is 0 Å². The number of hydrogen-bond acceptors (Lipinski definition) is 4. The first kappa shape index (κ1) is 15.8. The highest BCUT2D eigenvalue weighted by Crippen LogP contribution is 2.29. The first-order valence-corrected chi connectivity index (χ1v) is 8.01. The predicted octanol–water partition coefficient (Wildman–Crippen LogP) is 1.91. The van der Waals surface area contributed by atoms with Crippen molar-refractivity contribution in [3.63, 3.8) is 0 Å². The highest BCUT2D eigenvalue weighted by molar-refractivity contribution is 5.93. The van der Waals surface area contributed by atoms with Gasteiger partial charge in [0.05, 0.1) is 12.1 Å². The standard InChI is InChI=1S/C16H32N4/c1-14(2,3)12-15(4,5)20-13-16(19-11-10-18-13)6-8-17-9-7-16/h17,19H,6-12H2,1-5H3,(H,18,20). The van der Waals surface area contributed by atoms with Crippen LogP contribution >= 0.6 is 0 Å². The summed E-state index contributed by atoms with van der Waals surface area (Å²) >= 11 is 0. The quantitative estimate of drug-likeness (QED) is 0.724. The lowest BCUT2D eigenvalue weighted by Crippen LogP contribution is -2.66. The average molecular weight is 280 g/mol. The number of nitrogens with one attached hydrogen (secondary N) is 3. The molecule has 0 saturated carbocycles. The first-order chi connectivity index (χ1) is 9.23. The number of amidine groups is 1. The van der Waals surface area contributed by atoms with Crippen LogP contribution in [0.15, 0.2) is 4.99 Å². The van der Waals surface area contributed by atoms with Gasteiger partial charge in [-0.15, -0.1) is 0 Å². The van der Waals surface area contributed by atoms with Crippen molar-refractivity contribution in [2.75, 3.05) is 26.2 Å². The van der Waals surface area contributed by atoms with E-state index in [1.165, 1.54) is 5.84 Å². The Balaban J connectivity index is 2.11. The molecule has 0 aromatic rings. The molecule has 2 aliphatic heterocycles. The summed E-state index contributed by atoms with van der Waals surface area (Å²) < 4.78 is 0. The van der Waals surface area contributed by atoms with E-state index in [2.05, 4.69) is 50.6 Å². The summed E-state index contributed by atoms with van der Waals surface area (Å²) in [5.74, 6) is 1.19. The van der Waals surface area contributed by atoms with Crippen molar-refractivity contribution in [1.82, 2.24) is 16.0 Å². The van der Waals surface area contributed by atoms with Gasteiger partial charge in [-0.05, 0) is 51.6 Å². The van der Waals surface area contributed by atoms with E-state index in [1.54, 1.807) is 0 Å². The minimum atomic E-state index is 0.0774. The van der Waals surface area contributed by atoms with E-state index >= 15 is 0 Å². The zero-order valence-electron chi connectivity index (χ0n) is 13.9. The van der Waals surface area contributed by atoms with E-state index in [1.807, 2.05) is 0 Å². The van der Waals surface area contributed by atoms with Gasteiger partial charge in [0, 0.05) is 12.1 Å². The summed E-state index contributed by atoms with van der Waals surface area (Å²) in [5.41, 5.74) is 0.479. The second-order valence-electron chi connectivity index (χ2n) is 8.24. The number of piperidine rings is 1.